The van der Waals surface area contributed by atoms with Crippen molar-refractivity contribution < 1.29 is 14.1 Å². The van der Waals surface area contributed by atoms with Gasteiger partial charge in [-0.2, -0.15) is 5.10 Å². The molecule has 2 saturated heterocycles. The number of likely N-dealkylation sites (tertiary alicyclic amines) is 2. The Labute approximate surface area is 165 Å². The van der Waals surface area contributed by atoms with Crippen molar-refractivity contribution in [1.82, 2.24) is 24.7 Å². The zero-order valence-corrected chi connectivity index (χ0v) is 17.0. The number of hydrogen-bond acceptors (Lipinski definition) is 6. The number of methoxy groups -OCH3 is 1. The molecule has 4 heterocycles. The van der Waals surface area contributed by atoms with Crippen LogP contribution in [0.5, 0.6) is 0 Å². The lowest BCUT2D eigenvalue weighted by Crippen LogP contribution is -2.67. The predicted molar refractivity (Wildman–Crippen MR) is 103 cm³/mol. The number of ether oxygens (including phenoxy) is 1. The van der Waals surface area contributed by atoms with Crippen molar-refractivity contribution in [3.63, 3.8) is 0 Å². The van der Waals surface area contributed by atoms with E-state index in [1.54, 1.807) is 18.0 Å². The molecular formula is C20H29N5O3. The fourth-order valence-electron chi connectivity index (χ4n) is 4.53. The van der Waals surface area contributed by atoms with Crippen LogP contribution in [0.2, 0.25) is 0 Å². The first kappa shape index (κ1) is 19.1. The number of piperidine rings is 1. The first-order valence-corrected chi connectivity index (χ1v) is 10.0. The monoisotopic (exact) mass is 387 g/mol. The molecule has 2 aliphatic heterocycles. The Kier molecular flexibility index (Phi) is 5.25. The third kappa shape index (κ3) is 3.35. The molecule has 0 unspecified atom stereocenters. The van der Waals surface area contributed by atoms with Crippen molar-refractivity contribution in [3.8, 4) is 0 Å². The minimum Gasteiger partial charge on any atom is -0.383 e. The van der Waals surface area contributed by atoms with Crippen molar-refractivity contribution in [1.29, 1.82) is 0 Å². The van der Waals surface area contributed by atoms with Gasteiger partial charge in [0.1, 0.15) is 11.5 Å². The van der Waals surface area contributed by atoms with E-state index in [1.165, 1.54) is 5.56 Å². The summed E-state index contributed by atoms with van der Waals surface area (Å²) in [6.45, 7) is 8.56. The van der Waals surface area contributed by atoms with Crippen molar-refractivity contribution >= 4 is 5.91 Å². The fourth-order valence-corrected chi connectivity index (χ4v) is 4.53. The van der Waals surface area contributed by atoms with Crippen LogP contribution >= 0.6 is 0 Å². The van der Waals surface area contributed by atoms with Gasteiger partial charge in [-0.1, -0.05) is 5.16 Å². The van der Waals surface area contributed by atoms with E-state index >= 15 is 0 Å². The maximum Gasteiger partial charge on any atom is 0.272 e. The lowest BCUT2D eigenvalue weighted by Gasteiger charge is -2.57. The van der Waals surface area contributed by atoms with Crippen LogP contribution in [0.3, 0.4) is 0 Å². The third-order valence-electron chi connectivity index (χ3n) is 6.33. The summed E-state index contributed by atoms with van der Waals surface area (Å²) in [4.78, 5) is 17.7. The highest BCUT2D eigenvalue weighted by atomic mass is 16.5. The van der Waals surface area contributed by atoms with E-state index in [0.717, 1.165) is 56.9 Å². The number of amides is 1. The van der Waals surface area contributed by atoms with Crippen LogP contribution in [-0.4, -0.2) is 69.5 Å². The second-order valence-corrected chi connectivity index (χ2v) is 7.96. The molecule has 8 heteroatoms. The Bertz CT molecular complexity index is 825. The maximum atomic E-state index is 13.2. The van der Waals surface area contributed by atoms with Gasteiger partial charge >= 0.3 is 0 Å². The molecule has 2 fully saturated rings. The molecule has 1 amide bonds. The number of aryl methyl sites for hydroxylation is 2. The van der Waals surface area contributed by atoms with E-state index in [9.17, 15) is 4.79 Å². The molecule has 0 saturated carbocycles. The van der Waals surface area contributed by atoms with Gasteiger partial charge in [0.25, 0.3) is 5.91 Å². The van der Waals surface area contributed by atoms with Gasteiger partial charge in [-0.25, -0.2) is 0 Å². The van der Waals surface area contributed by atoms with Gasteiger partial charge in [-0.3, -0.25) is 14.4 Å². The Morgan fingerprint density at radius 2 is 2.18 bits per heavy atom. The van der Waals surface area contributed by atoms with Crippen LogP contribution in [0.4, 0.5) is 0 Å². The second-order valence-electron chi connectivity index (χ2n) is 7.96. The fraction of sp³-hybridized carbons (Fsp3) is 0.650. The largest absolute Gasteiger partial charge is 0.383 e. The standard InChI is InChI=1S/C20H29N5O3/c1-15-17(16(2)28-22-15)13-24-10-7-20(24)6-4-9-23(14-20)19(26)18-5-8-21-25(18)11-12-27-3/h5,8H,4,6-7,9-14H2,1-3H3/t20-/m0/s1. The normalized spacial score (nSPS) is 22.6. The number of carbonyl (C=O) groups excluding carboxylic acids is 1. The zero-order valence-electron chi connectivity index (χ0n) is 17.0. The molecule has 0 aliphatic carbocycles. The van der Waals surface area contributed by atoms with Crippen LogP contribution < -0.4 is 0 Å². The minimum absolute atomic E-state index is 0.0665. The number of rotatable bonds is 6. The summed E-state index contributed by atoms with van der Waals surface area (Å²) in [5.41, 5.74) is 2.86. The van der Waals surface area contributed by atoms with Crippen LogP contribution in [0, 0.1) is 13.8 Å². The first-order valence-electron chi connectivity index (χ1n) is 10.0. The van der Waals surface area contributed by atoms with Crippen LogP contribution in [0.1, 0.15) is 46.8 Å². The average Bonchev–Trinajstić information content (AvgIpc) is 3.29. The molecule has 8 nitrogen and oxygen atoms in total. The van der Waals surface area contributed by atoms with E-state index in [-0.39, 0.29) is 11.4 Å². The smallest absolute Gasteiger partial charge is 0.272 e. The van der Waals surface area contributed by atoms with Crippen molar-refractivity contribution in [2.45, 2.75) is 51.7 Å². The summed E-state index contributed by atoms with van der Waals surface area (Å²) in [6.07, 6.45) is 4.97. The SMILES string of the molecule is COCCn1nccc1C(=O)N1CCC[C@]2(CCN2Cc2c(C)noc2C)C1. The van der Waals surface area contributed by atoms with Crippen molar-refractivity contribution in [2.75, 3.05) is 33.4 Å². The summed E-state index contributed by atoms with van der Waals surface area (Å²) in [7, 11) is 1.66. The topological polar surface area (TPSA) is 76.6 Å². The molecule has 0 bridgehead atoms. The van der Waals surface area contributed by atoms with Crippen LogP contribution in [0.25, 0.3) is 0 Å². The minimum atomic E-state index is 0.0665. The van der Waals surface area contributed by atoms with Crippen LogP contribution in [-0.2, 0) is 17.8 Å². The Hall–Kier alpha value is -2.19. The molecule has 0 radical (unpaired) electrons. The lowest BCUT2D eigenvalue weighted by atomic mass is 9.77. The van der Waals surface area contributed by atoms with Gasteiger partial charge in [-0.05, 0) is 39.2 Å². The molecule has 4 rings (SSSR count). The van der Waals surface area contributed by atoms with Gasteiger partial charge in [0.05, 0.1) is 18.8 Å². The molecule has 1 atom stereocenters. The molecule has 2 aliphatic rings. The first-order chi connectivity index (χ1) is 13.5. The molecule has 1 spiro atoms. The quantitative estimate of drug-likeness (QED) is 0.755. The highest BCUT2D eigenvalue weighted by Crippen LogP contribution is 2.40. The van der Waals surface area contributed by atoms with Crippen molar-refractivity contribution in [2.24, 2.45) is 0 Å². The summed E-state index contributed by atoms with van der Waals surface area (Å²) >= 11 is 0. The molecule has 0 aromatic carbocycles. The summed E-state index contributed by atoms with van der Waals surface area (Å²) in [5, 5.41) is 8.37. The maximum absolute atomic E-state index is 13.2. The van der Waals surface area contributed by atoms with Gasteiger partial charge in [0.15, 0.2) is 0 Å². The van der Waals surface area contributed by atoms with E-state index in [2.05, 4.69) is 15.2 Å². The third-order valence-corrected chi connectivity index (χ3v) is 6.33. The molecular weight excluding hydrogens is 358 g/mol. The van der Waals surface area contributed by atoms with E-state index in [4.69, 9.17) is 9.26 Å². The van der Waals surface area contributed by atoms with Crippen LogP contribution in [0.15, 0.2) is 16.8 Å². The zero-order chi connectivity index (χ0) is 19.7. The molecule has 152 valence electrons. The van der Waals surface area contributed by atoms with Gasteiger partial charge in [0, 0.05) is 50.6 Å². The van der Waals surface area contributed by atoms with E-state index in [0.29, 0.717) is 18.8 Å². The van der Waals surface area contributed by atoms with Gasteiger partial charge in [0.2, 0.25) is 0 Å². The van der Waals surface area contributed by atoms with Gasteiger partial charge < -0.3 is 14.2 Å². The molecule has 28 heavy (non-hydrogen) atoms. The number of aromatic nitrogens is 3. The van der Waals surface area contributed by atoms with E-state index in [1.807, 2.05) is 24.8 Å². The highest BCUT2D eigenvalue weighted by molar-refractivity contribution is 5.92. The average molecular weight is 387 g/mol. The molecule has 2 aromatic rings. The molecule has 0 N–H and O–H groups in total. The number of hydrogen-bond donors (Lipinski definition) is 0. The summed E-state index contributed by atoms with van der Waals surface area (Å²) in [5.74, 6) is 0.960. The Morgan fingerprint density at radius 3 is 2.86 bits per heavy atom. The molecule has 2 aromatic heterocycles. The summed E-state index contributed by atoms with van der Waals surface area (Å²) < 4.78 is 12.2. The summed E-state index contributed by atoms with van der Waals surface area (Å²) in [6, 6.07) is 1.81. The van der Waals surface area contributed by atoms with E-state index < -0.39 is 0 Å². The highest BCUT2D eigenvalue weighted by Gasteiger charge is 2.48. The Morgan fingerprint density at radius 1 is 1.32 bits per heavy atom. The van der Waals surface area contributed by atoms with Gasteiger partial charge in [-0.15, -0.1) is 0 Å². The number of carbonyl (C=O) groups is 1. The Balaban J connectivity index is 1.47. The second kappa shape index (κ2) is 7.67. The van der Waals surface area contributed by atoms with Crippen molar-refractivity contribution in [3.05, 3.63) is 35.0 Å². The predicted octanol–water partition coefficient (Wildman–Crippen LogP) is 2.02. The number of nitrogens with zero attached hydrogens (tertiary/aromatic N) is 5. The lowest BCUT2D eigenvalue weighted by molar-refractivity contribution is -0.0653.